The normalized spacial score (nSPS) is 16.2. The number of nitrogens with zero attached hydrogens (tertiary/aromatic N) is 3. The molecule has 1 aliphatic heterocycles. The summed E-state index contributed by atoms with van der Waals surface area (Å²) in [5, 5.41) is 4.47. The maximum atomic E-state index is 6.71. The lowest BCUT2D eigenvalue weighted by molar-refractivity contribution is 0.270. The molecule has 4 heterocycles. The Kier molecular flexibility index (Phi) is 6.18. The minimum Gasteiger partial charge on any atom is -0.484 e. The molecule has 51 heavy (non-hydrogen) atoms. The first-order valence-corrected chi connectivity index (χ1v) is 17.9. The van der Waals surface area contributed by atoms with Crippen LogP contribution in [0.15, 0.2) is 156 Å². The summed E-state index contributed by atoms with van der Waals surface area (Å²) in [6.45, 7) is 0. The van der Waals surface area contributed by atoms with Crippen LogP contribution < -0.4 is 4.74 Å². The van der Waals surface area contributed by atoms with Crippen molar-refractivity contribution >= 4 is 53.4 Å². The molecule has 2 unspecified atom stereocenters. The van der Waals surface area contributed by atoms with E-state index >= 15 is 0 Å². The second-order valence-electron chi connectivity index (χ2n) is 13.0. The predicted molar refractivity (Wildman–Crippen MR) is 207 cm³/mol. The van der Waals surface area contributed by atoms with Gasteiger partial charge in [-0.15, -0.1) is 11.3 Å². The van der Waals surface area contributed by atoms with Gasteiger partial charge in [0.05, 0.1) is 0 Å². The van der Waals surface area contributed by atoms with Gasteiger partial charge < -0.3 is 9.15 Å². The molecule has 9 aromatic rings. The highest BCUT2D eigenvalue weighted by Gasteiger charge is 2.35. The van der Waals surface area contributed by atoms with Crippen molar-refractivity contribution in [3.8, 4) is 51.0 Å². The van der Waals surface area contributed by atoms with Crippen LogP contribution in [0.1, 0.15) is 11.5 Å². The van der Waals surface area contributed by atoms with Crippen molar-refractivity contribution in [2.45, 2.75) is 12.0 Å². The summed E-state index contributed by atoms with van der Waals surface area (Å²) in [6, 6.07) is 44.0. The smallest absolute Gasteiger partial charge is 0.165 e. The Balaban J connectivity index is 1.21. The van der Waals surface area contributed by atoms with Gasteiger partial charge in [0.2, 0.25) is 0 Å². The molecule has 240 valence electrons. The van der Waals surface area contributed by atoms with Crippen molar-refractivity contribution in [1.82, 2.24) is 15.0 Å². The van der Waals surface area contributed by atoms with Gasteiger partial charge >= 0.3 is 0 Å². The minimum absolute atomic E-state index is 0.0367. The number of allylic oxidation sites excluding steroid dienone is 2. The molecule has 11 rings (SSSR count). The molecule has 5 nitrogen and oxygen atoms in total. The molecule has 0 bridgehead atoms. The first-order chi connectivity index (χ1) is 25.3. The highest BCUT2D eigenvalue weighted by molar-refractivity contribution is 7.25. The fourth-order valence-electron chi connectivity index (χ4n) is 7.75. The van der Waals surface area contributed by atoms with Crippen molar-refractivity contribution in [2.75, 3.05) is 0 Å². The van der Waals surface area contributed by atoms with Crippen LogP contribution in [0.3, 0.4) is 0 Å². The van der Waals surface area contributed by atoms with Crippen molar-refractivity contribution in [2.24, 2.45) is 0 Å². The van der Waals surface area contributed by atoms with Gasteiger partial charge in [0.15, 0.2) is 17.5 Å². The zero-order valence-corrected chi connectivity index (χ0v) is 28.0. The average molecular weight is 674 g/mol. The van der Waals surface area contributed by atoms with Gasteiger partial charge in [0, 0.05) is 64.7 Å². The van der Waals surface area contributed by atoms with Crippen molar-refractivity contribution < 1.29 is 9.15 Å². The maximum Gasteiger partial charge on any atom is 0.165 e. The quantitative estimate of drug-likeness (QED) is 0.186. The van der Waals surface area contributed by atoms with Crippen LogP contribution in [0.2, 0.25) is 0 Å². The van der Waals surface area contributed by atoms with E-state index in [2.05, 4.69) is 109 Å². The zero-order valence-electron chi connectivity index (χ0n) is 27.2. The van der Waals surface area contributed by atoms with E-state index in [1.807, 2.05) is 42.5 Å². The standard InChI is InChI=1S/C45H27N3O2S/c1-2-11-26(12-3-1)43-46-44(27-21-22-30-29-14-6-9-20-38(29)51-39(30)25-27)48-45(47-43)41-31(23-24-37-40(41)34-15-5-8-19-36(34)49-37)33-17-10-16-32-28-13-4-7-18-35(28)50-42(32)33/h1-25,28,35H. The summed E-state index contributed by atoms with van der Waals surface area (Å²) in [4.78, 5) is 15.7. The lowest BCUT2D eigenvalue weighted by Crippen LogP contribution is -2.15. The highest BCUT2D eigenvalue weighted by Crippen LogP contribution is 2.50. The number of hydrogen-bond acceptors (Lipinski definition) is 6. The molecule has 0 fully saturated rings. The third-order valence-electron chi connectivity index (χ3n) is 10.1. The Morgan fingerprint density at radius 1 is 0.529 bits per heavy atom. The first kappa shape index (κ1) is 28.5. The van der Waals surface area contributed by atoms with Crippen molar-refractivity contribution in [3.05, 3.63) is 157 Å². The SMILES string of the molecule is C1=CC2Oc3c(-c4ccc5oc6ccccc6c5c4-c4nc(-c5ccccc5)nc(-c5ccc6c(c5)sc5ccccc56)n4)cccc3C2C=C1. The van der Waals surface area contributed by atoms with Gasteiger partial charge in [0.1, 0.15) is 23.0 Å². The molecule has 0 spiro atoms. The van der Waals surface area contributed by atoms with Crippen LogP contribution in [-0.4, -0.2) is 21.1 Å². The third-order valence-corrected chi connectivity index (χ3v) is 11.2. The number of furan rings is 1. The van der Waals surface area contributed by atoms with Gasteiger partial charge in [-0.1, -0.05) is 115 Å². The van der Waals surface area contributed by atoms with Crippen LogP contribution >= 0.6 is 11.3 Å². The summed E-state index contributed by atoms with van der Waals surface area (Å²) < 4.78 is 15.6. The number of fused-ring (bicyclic) bond motifs is 9. The summed E-state index contributed by atoms with van der Waals surface area (Å²) >= 11 is 1.79. The van der Waals surface area contributed by atoms with Crippen molar-refractivity contribution in [1.29, 1.82) is 0 Å². The Bertz CT molecular complexity index is 2920. The van der Waals surface area contributed by atoms with Gasteiger partial charge in [-0.05, 0) is 42.0 Å². The molecule has 0 amide bonds. The topological polar surface area (TPSA) is 61.0 Å². The van der Waals surface area contributed by atoms with E-state index in [0.29, 0.717) is 17.5 Å². The van der Waals surface area contributed by atoms with Gasteiger partial charge in [0.25, 0.3) is 0 Å². The number of aromatic nitrogens is 3. The fraction of sp³-hybridized carbons (Fsp3) is 0.0444. The second kappa shape index (κ2) is 11.1. The number of para-hydroxylation sites is 2. The van der Waals surface area contributed by atoms with Gasteiger partial charge in [-0.25, -0.2) is 15.0 Å². The third kappa shape index (κ3) is 4.43. The van der Waals surface area contributed by atoms with E-state index in [0.717, 1.165) is 55.5 Å². The monoisotopic (exact) mass is 673 g/mol. The van der Waals surface area contributed by atoms with Crippen LogP contribution in [-0.2, 0) is 0 Å². The van der Waals surface area contributed by atoms with Crippen LogP contribution in [0.5, 0.6) is 5.75 Å². The van der Waals surface area contributed by atoms with Gasteiger partial charge in [-0.2, -0.15) is 0 Å². The Hall–Kier alpha value is -6.37. The van der Waals surface area contributed by atoms with E-state index in [-0.39, 0.29) is 12.0 Å². The predicted octanol–water partition coefficient (Wildman–Crippen LogP) is 11.8. The summed E-state index contributed by atoms with van der Waals surface area (Å²) in [7, 11) is 0. The van der Waals surface area contributed by atoms with E-state index in [9.17, 15) is 0 Å². The zero-order chi connectivity index (χ0) is 33.5. The fourth-order valence-corrected chi connectivity index (χ4v) is 8.89. The van der Waals surface area contributed by atoms with E-state index in [1.165, 1.54) is 25.7 Å². The van der Waals surface area contributed by atoms with Crippen LogP contribution in [0.4, 0.5) is 0 Å². The number of thiophene rings is 1. The average Bonchev–Trinajstić information content (AvgIpc) is 3.88. The maximum absolute atomic E-state index is 6.71. The molecule has 0 saturated carbocycles. The van der Waals surface area contributed by atoms with E-state index < -0.39 is 0 Å². The number of hydrogen-bond donors (Lipinski definition) is 0. The second-order valence-corrected chi connectivity index (χ2v) is 14.1. The molecule has 6 heteroatoms. The molecular formula is C45H27N3O2S. The minimum atomic E-state index is -0.0367. The number of ether oxygens (including phenoxy) is 1. The molecule has 3 aromatic heterocycles. The molecule has 2 aliphatic rings. The van der Waals surface area contributed by atoms with Gasteiger partial charge in [-0.3, -0.25) is 0 Å². The summed E-state index contributed by atoms with van der Waals surface area (Å²) in [5.41, 5.74) is 7.50. The van der Waals surface area contributed by atoms with E-state index in [4.69, 9.17) is 24.1 Å². The van der Waals surface area contributed by atoms with Crippen LogP contribution in [0.25, 0.3) is 87.4 Å². The lowest BCUT2D eigenvalue weighted by Gasteiger charge is -2.16. The Labute approximate surface area is 296 Å². The Morgan fingerprint density at radius 3 is 2.22 bits per heavy atom. The molecule has 0 radical (unpaired) electrons. The lowest BCUT2D eigenvalue weighted by atomic mass is 9.88. The molecule has 6 aromatic carbocycles. The molecule has 1 aliphatic carbocycles. The van der Waals surface area contributed by atoms with Crippen molar-refractivity contribution in [3.63, 3.8) is 0 Å². The first-order valence-electron chi connectivity index (χ1n) is 17.1. The number of benzene rings is 6. The Morgan fingerprint density at radius 2 is 1.29 bits per heavy atom. The number of rotatable bonds is 4. The summed E-state index contributed by atoms with van der Waals surface area (Å²) in [6.07, 6.45) is 8.50. The highest BCUT2D eigenvalue weighted by atomic mass is 32.1. The molecular weight excluding hydrogens is 647 g/mol. The molecule has 2 atom stereocenters. The van der Waals surface area contributed by atoms with Crippen LogP contribution in [0, 0.1) is 0 Å². The molecule has 0 saturated heterocycles. The molecule has 0 N–H and O–H groups in total. The van der Waals surface area contributed by atoms with E-state index in [1.54, 1.807) is 11.3 Å². The summed E-state index contributed by atoms with van der Waals surface area (Å²) in [5.74, 6) is 2.87. The largest absolute Gasteiger partial charge is 0.484 e.